The Morgan fingerprint density at radius 1 is 0.727 bits per heavy atom. The highest BCUT2D eigenvalue weighted by molar-refractivity contribution is 5.87. The third-order valence-corrected chi connectivity index (χ3v) is 4.21. The van der Waals surface area contributed by atoms with Gasteiger partial charge in [0.15, 0.2) is 11.5 Å². The SMILES string of the molecule is COC(=O)C1Oc2c(C)c(C)c(C)c(C)c2OC1C(=O)OC. The molecule has 0 spiro atoms. The van der Waals surface area contributed by atoms with Crippen molar-refractivity contribution < 1.29 is 28.5 Å². The Bertz CT molecular complexity index is 579. The van der Waals surface area contributed by atoms with E-state index in [0.717, 1.165) is 22.3 Å². The van der Waals surface area contributed by atoms with Gasteiger partial charge in [0.05, 0.1) is 14.2 Å². The summed E-state index contributed by atoms with van der Waals surface area (Å²) in [7, 11) is 2.46. The second-order valence-corrected chi connectivity index (χ2v) is 5.28. The smallest absolute Gasteiger partial charge is 0.351 e. The first-order chi connectivity index (χ1) is 10.3. The van der Waals surface area contributed by atoms with Crippen LogP contribution in [0, 0.1) is 27.7 Å². The van der Waals surface area contributed by atoms with E-state index in [1.54, 1.807) is 0 Å². The summed E-state index contributed by atoms with van der Waals surface area (Å²) in [5.41, 5.74) is 3.85. The van der Waals surface area contributed by atoms with Crippen molar-refractivity contribution >= 4 is 11.9 Å². The van der Waals surface area contributed by atoms with Crippen LogP contribution in [0.25, 0.3) is 0 Å². The fourth-order valence-corrected chi connectivity index (χ4v) is 2.48. The van der Waals surface area contributed by atoms with Crippen LogP contribution in [-0.2, 0) is 19.1 Å². The first-order valence-electron chi connectivity index (χ1n) is 6.92. The fraction of sp³-hybridized carbons (Fsp3) is 0.500. The lowest BCUT2D eigenvalue weighted by Gasteiger charge is -2.33. The van der Waals surface area contributed by atoms with E-state index in [9.17, 15) is 9.59 Å². The number of hydrogen-bond donors (Lipinski definition) is 0. The summed E-state index contributed by atoms with van der Waals surface area (Å²) < 4.78 is 20.9. The molecule has 0 aliphatic carbocycles. The van der Waals surface area contributed by atoms with Gasteiger partial charge in [-0.15, -0.1) is 0 Å². The molecule has 0 saturated heterocycles. The van der Waals surface area contributed by atoms with Gasteiger partial charge in [-0.3, -0.25) is 0 Å². The van der Waals surface area contributed by atoms with Gasteiger partial charge >= 0.3 is 11.9 Å². The molecule has 120 valence electrons. The van der Waals surface area contributed by atoms with Crippen LogP contribution in [-0.4, -0.2) is 38.4 Å². The first kappa shape index (κ1) is 16.1. The summed E-state index contributed by atoms with van der Waals surface area (Å²) in [4.78, 5) is 23.8. The minimum absolute atomic E-state index is 0.469. The lowest BCUT2D eigenvalue weighted by molar-refractivity contribution is -0.168. The van der Waals surface area contributed by atoms with Crippen molar-refractivity contribution in [3.05, 3.63) is 22.3 Å². The summed E-state index contributed by atoms with van der Waals surface area (Å²) in [5, 5.41) is 0. The average Bonchev–Trinajstić information content (AvgIpc) is 2.55. The highest BCUT2D eigenvalue weighted by atomic mass is 16.6. The zero-order chi connectivity index (χ0) is 16.6. The molecule has 0 saturated carbocycles. The minimum atomic E-state index is -1.19. The number of rotatable bonds is 2. The van der Waals surface area contributed by atoms with Crippen molar-refractivity contribution in [1.29, 1.82) is 0 Å². The summed E-state index contributed by atoms with van der Waals surface area (Å²) in [6, 6.07) is 0. The molecule has 0 radical (unpaired) electrons. The summed E-state index contributed by atoms with van der Waals surface area (Å²) >= 11 is 0. The molecular weight excluding hydrogens is 288 g/mol. The van der Waals surface area contributed by atoms with Crippen molar-refractivity contribution in [2.75, 3.05) is 14.2 Å². The predicted molar refractivity (Wildman–Crippen MR) is 78.3 cm³/mol. The number of esters is 2. The molecule has 6 heteroatoms. The van der Waals surface area contributed by atoms with Crippen molar-refractivity contribution in [3.8, 4) is 11.5 Å². The molecule has 2 rings (SSSR count). The number of fused-ring (bicyclic) bond motifs is 1. The molecule has 1 aromatic carbocycles. The number of ether oxygens (including phenoxy) is 4. The van der Waals surface area contributed by atoms with E-state index >= 15 is 0 Å². The van der Waals surface area contributed by atoms with E-state index < -0.39 is 24.1 Å². The topological polar surface area (TPSA) is 71.1 Å². The normalized spacial score (nSPS) is 19.5. The summed E-state index contributed by atoms with van der Waals surface area (Å²) in [6.45, 7) is 7.72. The third kappa shape index (κ3) is 2.38. The van der Waals surface area contributed by atoms with Gasteiger partial charge in [0.1, 0.15) is 0 Å². The minimum Gasteiger partial charge on any atom is -0.470 e. The number of hydrogen-bond acceptors (Lipinski definition) is 6. The van der Waals surface area contributed by atoms with Gasteiger partial charge in [0, 0.05) is 0 Å². The average molecular weight is 308 g/mol. The standard InChI is InChI=1S/C16H20O6/c1-7-8(2)10(4)12-11(9(7)3)21-13(15(17)19-5)14(22-12)16(18)20-6/h13-14H,1-6H3. The predicted octanol–water partition coefficient (Wildman–Crippen LogP) is 1.77. The molecule has 0 bridgehead atoms. The largest absolute Gasteiger partial charge is 0.470 e. The molecule has 1 aliphatic rings. The van der Waals surface area contributed by atoms with Gasteiger partial charge in [-0.1, -0.05) is 0 Å². The molecule has 0 amide bonds. The van der Waals surface area contributed by atoms with E-state index in [-0.39, 0.29) is 0 Å². The fourth-order valence-electron chi connectivity index (χ4n) is 2.48. The Kier molecular flexibility index (Phi) is 4.30. The van der Waals surface area contributed by atoms with E-state index in [1.807, 2.05) is 27.7 Å². The molecule has 6 nitrogen and oxygen atoms in total. The second-order valence-electron chi connectivity index (χ2n) is 5.28. The molecule has 0 fully saturated rings. The van der Waals surface area contributed by atoms with Gasteiger partial charge in [-0.05, 0) is 49.9 Å². The Labute approximate surface area is 129 Å². The molecule has 0 aromatic heterocycles. The molecule has 1 aromatic rings. The first-order valence-corrected chi connectivity index (χ1v) is 6.92. The van der Waals surface area contributed by atoms with Crippen molar-refractivity contribution in [1.82, 2.24) is 0 Å². The Balaban J connectivity index is 2.58. The molecule has 2 atom stereocenters. The highest BCUT2D eigenvalue weighted by Crippen LogP contribution is 2.43. The zero-order valence-corrected chi connectivity index (χ0v) is 13.6. The molecule has 2 unspecified atom stereocenters. The second kappa shape index (κ2) is 5.87. The van der Waals surface area contributed by atoms with Crippen LogP contribution in [0.4, 0.5) is 0 Å². The van der Waals surface area contributed by atoms with Crippen molar-refractivity contribution in [2.45, 2.75) is 39.9 Å². The maximum atomic E-state index is 11.9. The van der Waals surface area contributed by atoms with E-state index in [1.165, 1.54) is 14.2 Å². The molecular formula is C16H20O6. The van der Waals surface area contributed by atoms with Crippen LogP contribution >= 0.6 is 0 Å². The summed E-state index contributed by atoms with van der Waals surface area (Å²) in [6.07, 6.45) is -2.38. The molecule has 1 heterocycles. The van der Waals surface area contributed by atoms with Crippen LogP contribution in [0.15, 0.2) is 0 Å². The van der Waals surface area contributed by atoms with Gasteiger partial charge in [0.25, 0.3) is 0 Å². The zero-order valence-electron chi connectivity index (χ0n) is 13.6. The van der Waals surface area contributed by atoms with Gasteiger partial charge in [-0.25, -0.2) is 9.59 Å². The van der Waals surface area contributed by atoms with Crippen LogP contribution in [0.5, 0.6) is 11.5 Å². The van der Waals surface area contributed by atoms with Crippen LogP contribution in [0.3, 0.4) is 0 Å². The third-order valence-electron chi connectivity index (χ3n) is 4.21. The van der Waals surface area contributed by atoms with Crippen LogP contribution in [0.1, 0.15) is 22.3 Å². The Hall–Kier alpha value is -2.24. The molecule has 0 N–H and O–H groups in total. The maximum Gasteiger partial charge on any atom is 0.351 e. The number of benzene rings is 1. The van der Waals surface area contributed by atoms with E-state index in [2.05, 4.69) is 0 Å². The Morgan fingerprint density at radius 3 is 1.32 bits per heavy atom. The van der Waals surface area contributed by atoms with Crippen molar-refractivity contribution in [3.63, 3.8) is 0 Å². The maximum absolute atomic E-state index is 11.9. The number of carbonyl (C=O) groups excluding carboxylic acids is 2. The highest BCUT2D eigenvalue weighted by Gasteiger charge is 2.45. The lowest BCUT2D eigenvalue weighted by Crippen LogP contribution is -2.51. The van der Waals surface area contributed by atoms with E-state index in [0.29, 0.717) is 11.5 Å². The van der Waals surface area contributed by atoms with Gasteiger partial charge in [0.2, 0.25) is 12.2 Å². The lowest BCUT2D eigenvalue weighted by atomic mass is 9.96. The van der Waals surface area contributed by atoms with E-state index in [4.69, 9.17) is 18.9 Å². The van der Waals surface area contributed by atoms with Crippen LogP contribution < -0.4 is 9.47 Å². The molecule has 1 aliphatic heterocycles. The summed E-state index contributed by atoms with van der Waals surface area (Å²) in [5.74, 6) is -0.431. The monoisotopic (exact) mass is 308 g/mol. The number of methoxy groups -OCH3 is 2. The molecule has 22 heavy (non-hydrogen) atoms. The number of carbonyl (C=O) groups is 2. The van der Waals surface area contributed by atoms with Gasteiger partial charge in [-0.2, -0.15) is 0 Å². The van der Waals surface area contributed by atoms with Crippen molar-refractivity contribution in [2.24, 2.45) is 0 Å². The van der Waals surface area contributed by atoms with Gasteiger partial charge < -0.3 is 18.9 Å². The quantitative estimate of drug-likeness (QED) is 0.776. The Morgan fingerprint density at radius 2 is 1.05 bits per heavy atom. The van der Waals surface area contributed by atoms with Crippen LogP contribution in [0.2, 0.25) is 0 Å².